The van der Waals surface area contributed by atoms with Gasteiger partial charge in [0.1, 0.15) is 5.75 Å². The molecule has 0 saturated carbocycles. The van der Waals surface area contributed by atoms with Gasteiger partial charge in [-0.05, 0) is 56.3 Å². The van der Waals surface area contributed by atoms with Crippen molar-refractivity contribution in [1.29, 1.82) is 0 Å². The standard InChI is InChI=1S/C23H37N3O3/c1-5-26(23(28)12-11-22(27)24(2)3)18-20-9-7-14-25(17-20)15-13-19-8-6-10-21(16-19)29-4/h6,8,10,16,20H,5,7,9,11-15,17-18H2,1-4H3/t20-/m1/s1. The molecule has 162 valence electrons. The third-order valence-corrected chi connectivity index (χ3v) is 5.72. The lowest BCUT2D eigenvalue weighted by atomic mass is 9.96. The number of amides is 2. The highest BCUT2D eigenvalue weighted by molar-refractivity contribution is 5.83. The summed E-state index contributed by atoms with van der Waals surface area (Å²) in [5.74, 6) is 1.51. The maximum atomic E-state index is 12.6. The minimum Gasteiger partial charge on any atom is -0.497 e. The summed E-state index contributed by atoms with van der Waals surface area (Å²) in [6.07, 6.45) is 3.94. The summed E-state index contributed by atoms with van der Waals surface area (Å²) in [4.78, 5) is 30.3. The van der Waals surface area contributed by atoms with E-state index in [1.165, 1.54) is 12.0 Å². The quantitative estimate of drug-likeness (QED) is 0.603. The average molecular weight is 404 g/mol. The van der Waals surface area contributed by atoms with Crippen molar-refractivity contribution < 1.29 is 14.3 Å². The topological polar surface area (TPSA) is 53.1 Å². The number of methoxy groups -OCH3 is 1. The van der Waals surface area contributed by atoms with E-state index >= 15 is 0 Å². The molecule has 0 aromatic heterocycles. The molecule has 1 aromatic carbocycles. The van der Waals surface area contributed by atoms with Crippen LogP contribution in [0.1, 0.15) is 38.2 Å². The third kappa shape index (κ3) is 7.69. The van der Waals surface area contributed by atoms with Gasteiger partial charge in [-0.15, -0.1) is 0 Å². The lowest BCUT2D eigenvalue weighted by Crippen LogP contribution is -2.43. The van der Waals surface area contributed by atoms with E-state index in [4.69, 9.17) is 4.74 Å². The van der Waals surface area contributed by atoms with Gasteiger partial charge in [0.2, 0.25) is 11.8 Å². The van der Waals surface area contributed by atoms with E-state index in [2.05, 4.69) is 17.0 Å². The molecule has 1 heterocycles. The molecule has 1 aliphatic rings. The van der Waals surface area contributed by atoms with E-state index in [-0.39, 0.29) is 11.8 Å². The molecule has 0 radical (unpaired) electrons. The van der Waals surface area contributed by atoms with Crippen LogP contribution in [0.15, 0.2) is 24.3 Å². The van der Waals surface area contributed by atoms with Gasteiger partial charge in [0.15, 0.2) is 0 Å². The highest BCUT2D eigenvalue weighted by Crippen LogP contribution is 2.20. The normalized spacial score (nSPS) is 17.0. The van der Waals surface area contributed by atoms with E-state index in [1.807, 2.05) is 24.0 Å². The van der Waals surface area contributed by atoms with Crippen molar-refractivity contribution in [1.82, 2.24) is 14.7 Å². The predicted octanol–water partition coefficient (Wildman–Crippen LogP) is 2.67. The first-order valence-corrected chi connectivity index (χ1v) is 10.8. The van der Waals surface area contributed by atoms with Crippen molar-refractivity contribution >= 4 is 11.8 Å². The monoisotopic (exact) mass is 403 g/mol. The molecule has 1 atom stereocenters. The van der Waals surface area contributed by atoms with Crippen LogP contribution in [0, 0.1) is 5.92 Å². The minimum atomic E-state index is 0.00999. The second-order valence-corrected chi connectivity index (χ2v) is 8.13. The number of piperidine rings is 1. The van der Waals surface area contributed by atoms with E-state index in [1.54, 1.807) is 26.1 Å². The van der Waals surface area contributed by atoms with Crippen molar-refractivity contribution in [3.63, 3.8) is 0 Å². The van der Waals surface area contributed by atoms with Gasteiger partial charge in [-0.1, -0.05) is 12.1 Å². The molecule has 0 aliphatic carbocycles. The fourth-order valence-electron chi connectivity index (χ4n) is 3.93. The molecule has 1 fully saturated rings. The zero-order valence-electron chi connectivity index (χ0n) is 18.5. The molecule has 0 unspecified atom stereocenters. The van der Waals surface area contributed by atoms with E-state index in [0.29, 0.717) is 25.3 Å². The minimum absolute atomic E-state index is 0.00999. The van der Waals surface area contributed by atoms with Crippen molar-refractivity contribution in [3.05, 3.63) is 29.8 Å². The Morgan fingerprint density at radius 3 is 2.66 bits per heavy atom. The van der Waals surface area contributed by atoms with Gasteiger partial charge in [-0.2, -0.15) is 0 Å². The summed E-state index contributed by atoms with van der Waals surface area (Å²) >= 11 is 0. The molecular weight excluding hydrogens is 366 g/mol. The van der Waals surface area contributed by atoms with Gasteiger partial charge in [-0.25, -0.2) is 0 Å². The predicted molar refractivity (Wildman–Crippen MR) is 116 cm³/mol. The van der Waals surface area contributed by atoms with Crippen LogP contribution >= 0.6 is 0 Å². The molecule has 6 heteroatoms. The Hall–Kier alpha value is -2.08. The molecule has 1 aliphatic heterocycles. The Balaban J connectivity index is 1.80. The van der Waals surface area contributed by atoms with Crippen LogP contribution < -0.4 is 4.74 Å². The Kier molecular flexibility index (Phi) is 9.45. The Bertz CT molecular complexity index is 663. The number of rotatable bonds is 10. The van der Waals surface area contributed by atoms with Crippen LogP contribution in [0.5, 0.6) is 5.75 Å². The highest BCUT2D eigenvalue weighted by atomic mass is 16.5. The summed E-state index contributed by atoms with van der Waals surface area (Å²) in [7, 11) is 5.16. The molecule has 29 heavy (non-hydrogen) atoms. The molecule has 6 nitrogen and oxygen atoms in total. The number of hydrogen-bond donors (Lipinski definition) is 0. The number of ether oxygens (including phenoxy) is 1. The van der Waals surface area contributed by atoms with Gasteiger partial charge in [0, 0.05) is 53.1 Å². The van der Waals surface area contributed by atoms with Gasteiger partial charge < -0.3 is 19.4 Å². The number of benzene rings is 1. The maximum Gasteiger partial charge on any atom is 0.223 e. The molecular formula is C23H37N3O3. The van der Waals surface area contributed by atoms with E-state index in [0.717, 1.165) is 44.8 Å². The van der Waals surface area contributed by atoms with Gasteiger partial charge in [-0.3, -0.25) is 9.59 Å². The van der Waals surface area contributed by atoms with Crippen LogP contribution in [-0.4, -0.2) is 80.4 Å². The number of likely N-dealkylation sites (tertiary alicyclic amines) is 1. The Labute approximate surface area is 175 Å². The first-order chi connectivity index (χ1) is 13.9. The van der Waals surface area contributed by atoms with Crippen molar-refractivity contribution in [2.75, 3.05) is 53.9 Å². The summed E-state index contributed by atoms with van der Waals surface area (Å²) in [5.41, 5.74) is 1.29. The summed E-state index contributed by atoms with van der Waals surface area (Å²) < 4.78 is 5.32. The average Bonchev–Trinajstić information content (AvgIpc) is 2.74. The Morgan fingerprint density at radius 1 is 1.21 bits per heavy atom. The van der Waals surface area contributed by atoms with Crippen LogP contribution in [0.25, 0.3) is 0 Å². The highest BCUT2D eigenvalue weighted by Gasteiger charge is 2.24. The van der Waals surface area contributed by atoms with E-state index < -0.39 is 0 Å². The smallest absolute Gasteiger partial charge is 0.223 e. The van der Waals surface area contributed by atoms with Gasteiger partial charge in [0.05, 0.1) is 7.11 Å². The third-order valence-electron chi connectivity index (χ3n) is 5.72. The van der Waals surface area contributed by atoms with Gasteiger partial charge in [0.25, 0.3) is 0 Å². The zero-order valence-corrected chi connectivity index (χ0v) is 18.5. The number of carbonyl (C=O) groups excluding carboxylic acids is 2. The second kappa shape index (κ2) is 11.8. The molecule has 2 rings (SSSR count). The van der Waals surface area contributed by atoms with Crippen LogP contribution in [-0.2, 0) is 16.0 Å². The molecule has 0 spiro atoms. The molecule has 0 bridgehead atoms. The number of carbonyl (C=O) groups is 2. The SMILES string of the molecule is CCN(C[C@@H]1CCCN(CCc2cccc(OC)c2)C1)C(=O)CCC(=O)N(C)C. The summed E-state index contributed by atoms with van der Waals surface area (Å²) in [5, 5.41) is 0. The largest absolute Gasteiger partial charge is 0.497 e. The van der Waals surface area contributed by atoms with Crippen LogP contribution in [0.4, 0.5) is 0 Å². The lowest BCUT2D eigenvalue weighted by molar-refractivity contribution is -0.136. The second-order valence-electron chi connectivity index (χ2n) is 8.13. The van der Waals surface area contributed by atoms with Crippen LogP contribution in [0.2, 0.25) is 0 Å². The summed E-state index contributed by atoms with van der Waals surface area (Å²) in [6.45, 7) is 6.70. The Morgan fingerprint density at radius 2 is 1.97 bits per heavy atom. The lowest BCUT2D eigenvalue weighted by Gasteiger charge is -2.35. The first-order valence-electron chi connectivity index (χ1n) is 10.8. The molecule has 2 amide bonds. The fraction of sp³-hybridized carbons (Fsp3) is 0.652. The van der Waals surface area contributed by atoms with Gasteiger partial charge >= 0.3 is 0 Å². The molecule has 1 aromatic rings. The zero-order chi connectivity index (χ0) is 21.2. The van der Waals surface area contributed by atoms with Crippen LogP contribution in [0.3, 0.4) is 0 Å². The van der Waals surface area contributed by atoms with Crippen molar-refractivity contribution in [3.8, 4) is 5.75 Å². The molecule has 1 saturated heterocycles. The number of nitrogens with zero attached hydrogens (tertiary/aromatic N) is 3. The van der Waals surface area contributed by atoms with E-state index in [9.17, 15) is 9.59 Å². The number of hydrogen-bond acceptors (Lipinski definition) is 4. The van der Waals surface area contributed by atoms with Crippen molar-refractivity contribution in [2.24, 2.45) is 5.92 Å². The maximum absolute atomic E-state index is 12.6. The first kappa shape index (κ1) is 23.2. The fourth-order valence-corrected chi connectivity index (χ4v) is 3.93. The van der Waals surface area contributed by atoms with Crippen molar-refractivity contribution in [2.45, 2.75) is 39.0 Å². The molecule has 0 N–H and O–H groups in total. The summed E-state index contributed by atoms with van der Waals surface area (Å²) in [6, 6.07) is 8.27.